The van der Waals surface area contributed by atoms with E-state index in [4.69, 9.17) is 14.9 Å². The molecule has 1 aromatic carbocycles. The molecule has 0 aliphatic carbocycles. The van der Waals surface area contributed by atoms with Crippen LogP contribution in [-0.2, 0) is 20.3 Å². The maximum atomic E-state index is 11.8. The maximum absolute atomic E-state index is 11.8. The van der Waals surface area contributed by atoms with Gasteiger partial charge >= 0.3 is 7.82 Å². The second-order valence-electron chi connectivity index (χ2n) is 7.19. The Morgan fingerprint density at radius 2 is 1.61 bits per heavy atom. The zero-order chi connectivity index (χ0) is 20.8. The number of phosphoric acid groups is 1. The van der Waals surface area contributed by atoms with Gasteiger partial charge in [0.25, 0.3) is 0 Å². The number of carbonyl (C=O) groups is 1. The molecule has 1 atom stereocenters. The number of aliphatic hydroxyl groups excluding tert-OH is 1. The summed E-state index contributed by atoms with van der Waals surface area (Å²) in [5.74, 6) is -0.244. The summed E-state index contributed by atoms with van der Waals surface area (Å²) in [4.78, 5) is 29.1. The van der Waals surface area contributed by atoms with Gasteiger partial charge in [-0.15, -0.1) is 0 Å². The Morgan fingerprint density at radius 1 is 1.04 bits per heavy atom. The van der Waals surface area contributed by atoms with E-state index >= 15 is 0 Å². The molecule has 1 amide bonds. The topological polar surface area (TPSA) is 116 Å². The molecule has 0 bridgehead atoms. The average Bonchev–Trinajstić information content (AvgIpc) is 2.64. The van der Waals surface area contributed by atoms with E-state index in [1.165, 1.54) is 30.4 Å². The van der Waals surface area contributed by atoms with Gasteiger partial charge in [-0.05, 0) is 31.7 Å². The Bertz CT molecular complexity index is 601. The van der Waals surface area contributed by atoms with Crippen molar-refractivity contribution in [2.45, 2.75) is 70.8 Å². The van der Waals surface area contributed by atoms with Gasteiger partial charge in [-0.3, -0.25) is 9.32 Å². The fourth-order valence-corrected chi connectivity index (χ4v) is 3.25. The molecule has 160 valence electrons. The molecule has 0 aliphatic heterocycles. The number of unbranched alkanes of at least 4 members (excludes halogenated alkanes) is 6. The first kappa shape index (κ1) is 24.8. The molecule has 0 radical (unpaired) electrons. The molecular weight excluding hydrogens is 381 g/mol. The Morgan fingerprint density at radius 3 is 2.18 bits per heavy atom. The third-order valence-electron chi connectivity index (χ3n) is 4.52. The minimum Gasteiger partial charge on any atom is -0.394 e. The predicted octanol–water partition coefficient (Wildman–Crippen LogP) is 3.24. The van der Waals surface area contributed by atoms with Crippen molar-refractivity contribution >= 4 is 13.7 Å². The smallest absolute Gasteiger partial charge is 0.394 e. The highest BCUT2D eigenvalue weighted by molar-refractivity contribution is 7.46. The van der Waals surface area contributed by atoms with E-state index < -0.39 is 27.1 Å². The van der Waals surface area contributed by atoms with E-state index in [0.29, 0.717) is 6.42 Å². The second kappa shape index (κ2) is 13.9. The SMILES string of the molecule is Cc1ccc(CCCCCCCCCC(=O)N[C@H](CO)COP(=O)(O)O)cc1. The molecule has 8 heteroatoms. The summed E-state index contributed by atoms with van der Waals surface area (Å²) < 4.78 is 14.9. The molecule has 1 aromatic rings. The fraction of sp³-hybridized carbons (Fsp3) is 0.650. The van der Waals surface area contributed by atoms with Gasteiger partial charge < -0.3 is 20.2 Å². The lowest BCUT2D eigenvalue weighted by atomic mass is 10.0. The molecular formula is C20H34NO6P. The number of phosphoric ester groups is 1. The Hall–Kier alpha value is -1.24. The Balaban J connectivity index is 1.99. The number of aliphatic hydroxyl groups is 1. The van der Waals surface area contributed by atoms with Crippen molar-refractivity contribution < 1.29 is 28.8 Å². The van der Waals surface area contributed by atoms with Crippen molar-refractivity contribution in [1.29, 1.82) is 0 Å². The third-order valence-corrected chi connectivity index (χ3v) is 5.00. The lowest BCUT2D eigenvalue weighted by Crippen LogP contribution is -2.40. The summed E-state index contributed by atoms with van der Waals surface area (Å²) in [6.45, 7) is 1.24. The van der Waals surface area contributed by atoms with Gasteiger partial charge in [0.15, 0.2) is 0 Å². The molecule has 0 unspecified atom stereocenters. The zero-order valence-electron chi connectivity index (χ0n) is 16.7. The maximum Gasteiger partial charge on any atom is 0.469 e. The Labute approximate surface area is 167 Å². The van der Waals surface area contributed by atoms with Crippen LogP contribution in [0.15, 0.2) is 24.3 Å². The first-order chi connectivity index (χ1) is 13.3. The largest absolute Gasteiger partial charge is 0.469 e. The molecule has 0 spiro atoms. The second-order valence-corrected chi connectivity index (χ2v) is 8.43. The van der Waals surface area contributed by atoms with Crippen LogP contribution in [0.4, 0.5) is 0 Å². The molecule has 0 heterocycles. The summed E-state index contributed by atoms with van der Waals surface area (Å²) in [5.41, 5.74) is 2.68. The summed E-state index contributed by atoms with van der Waals surface area (Å²) in [5, 5.41) is 11.6. The molecule has 0 aliphatic rings. The van der Waals surface area contributed by atoms with Crippen LogP contribution in [0.1, 0.15) is 62.5 Å². The lowest BCUT2D eigenvalue weighted by Gasteiger charge is -2.16. The highest BCUT2D eigenvalue weighted by Crippen LogP contribution is 2.35. The highest BCUT2D eigenvalue weighted by Gasteiger charge is 2.19. The number of aryl methyl sites for hydroxylation is 2. The van der Waals surface area contributed by atoms with Crippen molar-refractivity contribution in [1.82, 2.24) is 5.32 Å². The van der Waals surface area contributed by atoms with Gasteiger partial charge in [0, 0.05) is 6.42 Å². The van der Waals surface area contributed by atoms with Gasteiger partial charge in [0.05, 0.1) is 19.3 Å². The molecule has 0 saturated carbocycles. The number of nitrogens with one attached hydrogen (secondary N) is 1. The summed E-state index contributed by atoms with van der Waals surface area (Å²) in [7, 11) is -4.60. The predicted molar refractivity (Wildman–Crippen MR) is 109 cm³/mol. The summed E-state index contributed by atoms with van der Waals surface area (Å²) in [6.07, 6.45) is 9.04. The van der Waals surface area contributed by atoms with E-state index in [1.54, 1.807) is 0 Å². The molecule has 0 fully saturated rings. The molecule has 0 aromatic heterocycles. The van der Waals surface area contributed by atoms with Crippen LogP contribution in [-0.4, -0.2) is 40.1 Å². The van der Waals surface area contributed by atoms with Crippen molar-refractivity contribution in [2.75, 3.05) is 13.2 Å². The van der Waals surface area contributed by atoms with Gasteiger partial charge in [-0.25, -0.2) is 4.57 Å². The number of amides is 1. The van der Waals surface area contributed by atoms with Gasteiger partial charge in [0.2, 0.25) is 5.91 Å². The van der Waals surface area contributed by atoms with E-state index in [1.807, 2.05) is 0 Å². The lowest BCUT2D eigenvalue weighted by molar-refractivity contribution is -0.122. The summed E-state index contributed by atoms with van der Waals surface area (Å²) >= 11 is 0. The van der Waals surface area contributed by atoms with Crippen molar-refractivity contribution in [3.05, 3.63) is 35.4 Å². The molecule has 0 saturated heterocycles. The first-order valence-corrected chi connectivity index (χ1v) is 11.5. The number of hydrogen-bond donors (Lipinski definition) is 4. The van der Waals surface area contributed by atoms with Crippen LogP contribution in [0.3, 0.4) is 0 Å². The quantitative estimate of drug-likeness (QED) is 0.258. The zero-order valence-corrected chi connectivity index (χ0v) is 17.6. The van der Waals surface area contributed by atoms with Gasteiger partial charge in [0.1, 0.15) is 0 Å². The van der Waals surface area contributed by atoms with Crippen LogP contribution in [0.2, 0.25) is 0 Å². The van der Waals surface area contributed by atoms with Crippen molar-refractivity contribution in [2.24, 2.45) is 0 Å². The van der Waals surface area contributed by atoms with Crippen LogP contribution < -0.4 is 5.32 Å². The average molecular weight is 415 g/mol. The monoisotopic (exact) mass is 415 g/mol. The molecule has 7 nitrogen and oxygen atoms in total. The van der Waals surface area contributed by atoms with E-state index in [0.717, 1.165) is 32.1 Å². The van der Waals surface area contributed by atoms with Crippen LogP contribution >= 0.6 is 7.82 Å². The molecule has 4 N–H and O–H groups in total. The van der Waals surface area contributed by atoms with Gasteiger partial charge in [-0.2, -0.15) is 0 Å². The van der Waals surface area contributed by atoms with Crippen molar-refractivity contribution in [3.8, 4) is 0 Å². The number of carbonyl (C=O) groups excluding carboxylic acids is 1. The van der Waals surface area contributed by atoms with Crippen LogP contribution in [0, 0.1) is 6.92 Å². The summed E-state index contributed by atoms with van der Waals surface area (Å²) in [6, 6.07) is 7.88. The molecule has 1 rings (SSSR count). The third kappa shape index (κ3) is 13.0. The van der Waals surface area contributed by atoms with Crippen LogP contribution in [0.25, 0.3) is 0 Å². The van der Waals surface area contributed by atoms with Crippen LogP contribution in [0.5, 0.6) is 0 Å². The fourth-order valence-electron chi connectivity index (χ4n) is 2.88. The van der Waals surface area contributed by atoms with E-state index in [-0.39, 0.29) is 5.91 Å². The van der Waals surface area contributed by atoms with Gasteiger partial charge in [-0.1, -0.05) is 61.9 Å². The first-order valence-electron chi connectivity index (χ1n) is 9.96. The Kier molecular flexibility index (Phi) is 12.3. The minimum atomic E-state index is -4.60. The molecule has 28 heavy (non-hydrogen) atoms. The minimum absolute atomic E-state index is 0.244. The number of rotatable bonds is 15. The van der Waals surface area contributed by atoms with E-state index in [2.05, 4.69) is 41.0 Å². The van der Waals surface area contributed by atoms with E-state index in [9.17, 15) is 9.36 Å². The highest BCUT2D eigenvalue weighted by atomic mass is 31.2. The number of benzene rings is 1. The normalized spacial score (nSPS) is 12.7. The van der Waals surface area contributed by atoms with Crippen molar-refractivity contribution in [3.63, 3.8) is 0 Å². The standard InChI is InChI=1S/C20H34NO6P/c1-17-11-13-18(14-12-17)9-7-5-3-2-4-6-8-10-20(23)21-19(15-22)16-27-28(24,25)26/h11-14,19,22H,2-10,15-16H2,1H3,(H,21,23)(H2,24,25,26)/t19-/m1/s1. The number of hydrogen-bond acceptors (Lipinski definition) is 4.